The first-order valence-corrected chi connectivity index (χ1v) is 17.0. The third-order valence-electron chi connectivity index (χ3n) is 8.58. The van der Waals surface area contributed by atoms with Gasteiger partial charge >= 0.3 is 4.87 Å². The zero-order chi connectivity index (χ0) is 31.4. The molecule has 0 bridgehead atoms. The first-order valence-electron chi connectivity index (χ1n) is 15.3. The van der Waals surface area contributed by atoms with Crippen molar-refractivity contribution in [1.29, 1.82) is 0 Å². The molecule has 4 aromatic rings. The minimum Gasteiger partial charge on any atom is -0.506 e. The molecule has 2 aliphatic heterocycles. The molecule has 1 spiro atoms. The molecule has 6 rings (SSSR count). The topological polar surface area (TPSA) is 140 Å². The second kappa shape index (κ2) is 14.0. The number of benzene rings is 2. The van der Waals surface area contributed by atoms with Crippen molar-refractivity contribution < 1.29 is 24.5 Å². The van der Waals surface area contributed by atoms with Crippen molar-refractivity contribution in [3.8, 4) is 11.5 Å². The van der Waals surface area contributed by atoms with E-state index in [2.05, 4.69) is 20.2 Å². The number of aryl methyl sites for hydroxylation is 1. The van der Waals surface area contributed by atoms with E-state index in [1.54, 1.807) is 17.4 Å². The second-order valence-electron chi connectivity index (χ2n) is 11.8. The van der Waals surface area contributed by atoms with Gasteiger partial charge in [-0.1, -0.05) is 29.5 Å². The zero-order valence-electron chi connectivity index (χ0n) is 25.3. The van der Waals surface area contributed by atoms with Crippen molar-refractivity contribution in [1.82, 2.24) is 25.1 Å². The number of aromatic amines is 1. The molecule has 0 radical (unpaired) electrons. The number of H-pyrrole nitrogens is 1. The second-order valence-corrected chi connectivity index (χ2v) is 13.8. The van der Waals surface area contributed by atoms with Crippen LogP contribution in [0.4, 0.5) is 0 Å². The van der Waals surface area contributed by atoms with Gasteiger partial charge < -0.3 is 34.9 Å². The number of likely N-dealkylation sites (tertiary alicyclic amines) is 1. The van der Waals surface area contributed by atoms with Crippen LogP contribution in [0.1, 0.15) is 40.8 Å². The molecule has 0 unspecified atom stereocenters. The van der Waals surface area contributed by atoms with Gasteiger partial charge in [-0.25, -0.2) is 4.98 Å². The number of phenols is 1. The third kappa shape index (κ3) is 7.74. The summed E-state index contributed by atoms with van der Waals surface area (Å²) in [6, 6.07) is 11.0. The highest BCUT2D eigenvalue weighted by molar-refractivity contribution is 7.16. The van der Waals surface area contributed by atoms with Crippen LogP contribution >= 0.6 is 22.7 Å². The molecular weight excluding hydrogens is 615 g/mol. The molecule has 4 heterocycles. The lowest BCUT2D eigenvalue weighted by atomic mass is 9.89. The Hall–Kier alpha value is -3.33. The number of nitrogens with zero attached hydrogens (tertiary/aromatic N) is 3. The number of carbonyl (C=O) groups is 1. The Labute approximate surface area is 269 Å². The van der Waals surface area contributed by atoms with Crippen LogP contribution in [0.5, 0.6) is 11.5 Å². The summed E-state index contributed by atoms with van der Waals surface area (Å²) in [6.07, 6.45) is 1.32. The Morgan fingerprint density at radius 3 is 2.76 bits per heavy atom. The van der Waals surface area contributed by atoms with E-state index >= 15 is 0 Å². The largest absolute Gasteiger partial charge is 0.506 e. The van der Waals surface area contributed by atoms with E-state index in [-0.39, 0.29) is 22.1 Å². The number of amides is 1. The number of morpholine rings is 1. The van der Waals surface area contributed by atoms with Crippen molar-refractivity contribution in [2.24, 2.45) is 0 Å². The van der Waals surface area contributed by atoms with Crippen molar-refractivity contribution in [3.05, 3.63) is 73.3 Å². The lowest BCUT2D eigenvalue weighted by Gasteiger charge is -2.47. The smallest absolute Gasteiger partial charge is 0.305 e. The van der Waals surface area contributed by atoms with E-state index in [1.807, 2.05) is 41.5 Å². The number of nitrogens with one attached hydrogen (secondary N) is 2. The van der Waals surface area contributed by atoms with Gasteiger partial charge in [0.15, 0.2) is 0 Å². The van der Waals surface area contributed by atoms with Crippen molar-refractivity contribution in [3.63, 3.8) is 0 Å². The summed E-state index contributed by atoms with van der Waals surface area (Å²) in [5.41, 5.74) is 2.61. The lowest BCUT2D eigenvalue weighted by Crippen LogP contribution is -2.58. The molecule has 1 atom stereocenters. The molecule has 2 fully saturated rings. The van der Waals surface area contributed by atoms with Gasteiger partial charge in [-0.05, 0) is 43.5 Å². The quantitative estimate of drug-likeness (QED) is 0.192. The van der Waals surface area contributed by atoms with Gasteiger partial charge in [0.05, 0.1) is 40.1 Å². The van der Waals surface area contributed by atoms with Crippen molar-refractivity contribution >= 4 is 38.8 Å². The molecule has 0 saturated carbocycles. The minimum atomic E-state index is -0.823. The number of rotatable bonds is 11. The predicted octanol–water partition coefficient (Wildman–Crippen LogP) is 3.20. The molecule has 2 aliphatic rings. The summed E-state index contributed by atoms with van der Waals surface area (Å²) < 4.78 is 12.8. The number of fused-ring (bicyclic) bond motifs is 1. The Morgan fingerprint density at radius 1 is 1.20 bits per heavy atom. The number of carbonyl (C=O) groups excluding carboxylic acids is 1. The summed E-state index contributed by atoms with van der Waals surface area (Å²) in [7, 11) is 0. The molecular formula is C32H39N5O6S2. The normalized spacial score (nSPS) is 17.6. The molecule has 13 heteroatoms. The fraction of sp³-hybridized carbons (Fsp3) is 0.469. The van der Waals surface area contributed by atoms with E-state index in [4.69, 9.17) is 9.47 Å². The maximum atomic E-state index is 12.9. The highest BCUT2D eigenvalue weighted by Gasteiger charge is 2.40. The summed E-state index contributed by atoms with van der Waals surface area (Å²) in [6.45, 7) is 7.91. The fourth-order valence-corrected chi connectivity index (χ4v) is 7.59. The van der Waals surface area contributed by atoms with Gasteiger partial charge in [-0.3, -0.25) is 14.5 Å². The molecule has 0 aliphatic carbocycles. The molecule has 11 nitrogen and oxygen atoms in total. The van der Waals surface area contributed by atoms with Gasteiger partial charge in [-0.2, -0.15) is 0 Å². The minimum absolute atomic E-state index is 0.00693. The number of thiazole rings is 2. The van der Waals surface area contributed by atoms with Gasteiger partial charge in [-0.15, -0.1) is 11.3 Å². The number of aliphatic hydroxyl groups is 1. The number of hydrogen-bond acceptors (Lipinski definition) is 11. The van der Waals surface area contributed by atoms with Gasteiger partial charge in [0.1, 0.15) is 23.6 Å². The summed E-state index contributed by atoms with van der Waals surface area (Å²) in [5.74, 6) is 0.930. The molecule has 2 aromatic carbocycles. The summed E-state index contributed by atoms with van der Waals surface area (Å²) in [4.78, 5) is 35.8. The maximum absolute atomic E-state index is 12.9. The van der Waals surface area contributed by atoms with Crippen molar-refractivity contribution in [2.75, 3.05) is 52.5 Å². The number of aromatic nitrogens is 2. The average molecular weight is 654 g/mol. The molecule has 2 saturated heterocycles. The number of piperidine rings is 1. The fourth-order valence-electron chi connectivity index (χ4n) is 6.06. The van der Waals surface area contributed by atoms with Crippen LogP contribution in [0.25, 0.3) is 10.2 Å². The standard InChI is InChI=1S/C32H39N5O6S2/c1-21-34-23(19-44-21)16-28(40)37-13-15-43-32(20-37)8-10-36(11-9-32)12-14-42-24-4-2-22(3-5-24)17-33-18-27(39)25-6-7-26(38)29-30(25)45-31(41)35-29/h2-7,19,27,33,38-39H,8-18,20H2,1H3,(H,35,41)/t27-/m0/s1. The van der Waals surface area contributed by atoms with Crippen LogP contribution in [0.3, 0.4) is 0 Å². The van der Waals surface area contributed by atoms with E-state index in [1.165, 1.54) is 6.07 Å². The number of aliphatic hydroxyl groups excluding tert-OH is 1. The Kier molecular flexibility index (Phi) is 9.83. The first kappa shape index (κ1) is 31.6. The van der Waals surface area contributed by atoms with Crippen LogP contribution < -0.4 is 14.9 Å². The summed E-state index contributed by atoms with van der Waals surface area (Å²) in [5, 5.41) is 26.9. The molecule has 45 heavy (non-hydrogen) atoms. The monoisotopic (exact) mass is 653 g/mol. The maximum Gasteiger partial charge on any atom is 0.305 e. The van der Waals surface area contributed by atoms with Crippen LogP contribution in [-0.2, 0) is 22.5 Å². The number of ether oxygens (including phenoxy) is 2. The van der Waals surface area contributed by atoms with E-state index in [0.29, 0.717) is 61.6 Å². The van der Waals surface area contributed by atoms with Crippen LogP contribution in [0, 0.1) is 6.92 Å². The molecule has 4 N–H and O–H groups in total. The predicted molar refractivity (Wildman–Crippen MR) is 174 cm³/mol. The molecule has 240 valence electrons. The SMILES string of the molecule is Cc1nc(CC(=O)N2CCOC3(CCN(CCOc4ccc(CNC[C@H](O)c5ccc(O)c6[nH]c(=O)sc56)cc4)CC3)C2)cs1. The van der Waals surface area contributed by atoms with Gasteiger partial charge in [0, 0.05) is 56.8 Å². The Bertz CT molecular complexity index is 1660. The van der Waals surface area contributed by atoms with E-state index in [0.717, 1.165) is 65.8 Å². The average Bonchev–Trinajstić information content (AvgIpc) is 3.64. The van der Waals surface area contributed by atoms with Crippen LogP contribution in [0.15, 0.2) is 46.6 Å². The van der Waals surface area contributed by atoms with Crippen LogP contribution in [0.2, 0.25) is 0 Å². The van der Waals surface area contributed by atoms with Gasteiger partial charge in [0.25, 0.3) is 0 Å². The van der Waals surface area contributed by atoms with E-state index in [9.17, 15) is 19.8 Å². The third-order valence-corrected chi connectivity index (χ3v) is 10.3. The van der Waals surface area contributed by atoms with E-state index < -0.39 is 6.10 Å². The number of phenolic OH excluding ortho intramolecular Hbond substituents is 1. The summed E-state index contributed by atoms with van der Waals surface area (Å²) >= 11 is 2.56. The first-order chi connectivity index (χ1) is 21.8. The highest BCUT2D eigenvalue weighted by Crippen LogP contribution is 2.32. The molecule has 2 aromatic heterocycles. The van der Waals surface area contributed by atoms with Crippen molar-refractivity contribution in [2.45, 2.75) is 44.4 Å². The number of aromatic hydroxyl groups is 1. The molecule has 1 amide bonds. The Balaban J connectivity index is 0.899. The lowest BCUT2D eigenvalue weighted by molar-refractivity contribution is -0.159. The van der Waals surface area contributed by atoms with Gasteiger partial charge in [0.2, 0.25) is 5.91 Å². The highest BCUT2D eigenvalue weighted by atomic mass is 32.1. The van der Waals surface area contributed by atoms with Crippen LogP contribution in [-0.4, -0.2) is 94.0 Å². The Morgan fingerprint density at radius 2 is 2.00 bits per heavy atom. The zero-order valence-corrected chi connectivity index (χ0v) is 26.9. The number of hydrogen-bond donors (Lipinski definition) is 4.